The van der Waals surface area contributed by atoms with Crippen LogP contribution in [0.4, 0.5) is 5.69 Å². The minimum absolute atomic E-state index is 0.126. The molecule has 2 aromatic carbocycles. The predicted octanol–water partition coefficient (Wildman–Crippen LogP) is 5.67. The number of anilines is 1. The third kappa shape index (κ3) is 3.04. The number of carbonyl (C=O) groups excluding carboxylic acids is 1. The molecule has 134 valence electrons. The molecule has 0 unspecified atom stereocenters. The van der Waals surface area contributed by atoms with Gasteiger partial charge in [-0.15, -0.1) is 0 Å². The minimum atomic E-state index is -0.667. The van der Waals surface area contributed by atoms with Crippen molar-refractivity contribution in [3.05, 3.63) is 106 Å². The molecule has 3 heteroatoms. The average molecular weight is 372 g/mol. The van der Waals surface area contributed by atoms with Crippen molar-refractivity contribution in [3.8, 4) is 0 Å². The summed E-state index contributed by atoms with van der Waals surface area (Å²) in [5, 5.41) is 4.18. The summed E-state index contributed by atoms with van der Waals surface area (Å²) >= 11 is 1.69. The van der Waals surface area contributed by atoms with E-state index in [4.69, 9.17) is 0 Å². The Balaban J connectivity index is 1.72. The summed E-state index contributed by atoms with van der Waals surface area (Å²) in [7, 11) is 1.87. The summed E-state index contributed by atoms with van der Waals surface area (Å²) in [6.45, 7) is 0. The standard InChI is InChI=1S/C24H21NOS/c1-25-22-14-8-7-13-21(22)24(23(25)26,20-11-5-2-6-12-20)16-9-3-4-10-19-15-17-27-18-19/h2-15,17-18H,16H2,1H3/b9-3+,10-4+/t24-/m0/s1. The molecule has 1 amide bonds. The molecule has 2 heterocycles. The quantitative estimate of drug-likeness (QED) is 0.529. The molecule has 0 radical (unpaired) electrons. The van der Waals surface area contributed by atoms with Crippen LogP contribution in [0.15, 0.2) is 89.7 Å². The van der Waals surface area contributed by atoms with E-state index in [1.54, 1.807) is 16.2 Å². The van der Waals surface area contributed by atoms with Crippen LogP contribution in [-0.2, 0) is 10.2 Å². The van der Waals surface area contributed by atoms with E-state index in [9.17, 15) is 4.79 Å². The van der Waals surface area contributed by atoms with Crippen LogP contribution < -0.4 is 4.90 Å². The number of carbonyl (C=O) groups is 1. The molecule has 0 aliphatic carbocycles. The van der Waals surface area contributed by atoms with Gasteiger partial charge in [-0.05, 0) is 46.0 Å². The van der Waals surface area contributed by atoms with Crippen molar-refractivity contribution in [1.29, 1.82) is 0 Å². The van der Waals surface area contributed by atoms with Gasteiger partial charge < -0.3 is 4.90 Å². The van der Waals surface area contributed by atoms with Crippen LogP contribution in [0.5, 0.6) is 0 Å². The van der Waals surface area contributed by atoms with Gasteiger partial charge in [0.05, 0.1) is 0 Å². The summed E-state index contributed by atoms with van der Waals surface area (Å²) in [6.07, 6.45) is 8.89. The molecule has 1 aliphatic heterocycles. The van der Waals surface area contributed by atoms with Crippen LogP contribution in [-0.4, -0.2) is 13.0 Å². The van der Waals surface area contributed by atoms with Gasteiger partial charge in [0.25, 0.3) is 0 Å². The van der Waals surface area contributed by atoms with E-state index in [2.05, 4.69) is 47.2 Å². The third-order valence-corrected chi connectivity index (χ3v) is 5.87. The maximum absolute atomic E-state index is 13.4. The summed E-state index contributed by atoms with van der Waals surface area (Å²) in [6, 6.07) is 20.3. The molecule has 0 spiro atoms. The Morgan fingerprint density at radius 1 is 1.00 bits per heavy atom. The zero-order valence-corrected chi connectivity index (χ0v) is 16.0. The number of allylic oxidation sites excluding steroid dienone is 3. The molecule has 1 aromatic heterocycles. The molecule has 3 aromatic rings. The first kappa shape index (κ1) is 17.5. The van der Waals surface area contributed by atoms with Gasteiger partial charge in [-0.3, -0.25) is 4.79 Å². The molecular formula is C24H21NOS. The Labute approximate surface area is 164 Å². The molecule has 27 heavy (non-hydrogen) atoms. The van der Waals surface area contributed by atoms with E-state index in [-0.39, 0.29) is 5.91 Å². The van der Waals surface area contributed by atoms with Crippen molar-refractivity contribution in [2.75, 3.05) is 11.9 Å². The van der Waals surface area contributed by atoms with Crippen molar-refractivity contribution in [1.82, 2.24) is 0 Å². The Kier molecular flexibility index (Phi) is 4.78. The topological polar surface area (TPSA) is 20.3 Å². The van der Waals surface area contributed by atoms with Crippen LogP contribution in [0.2, 0.25) is 0 Å². The molecule has 0 fully saturated rings. The Morgan fingerprint density at radius 2 is 1.78 bits per heavy atom. The van der Waals surface area contributed by atoms with Crippen LogP contribution in [0.25, 0.3) is 6.08 Å². The molecule has 0 N–H and O–H groups in total. The van der Waals surface area contributed by atoms with Gasteiger partial charge in [0, 0.05) is 12.7 Å². The second-order valence-electron chi connectivity index (χ2n) is 6.70. The number of hydrogen-bond acceptors (Lipinski definition) is 2. The van der Waals surface area contributed by atoms with Crippen LogP contribution in [0.3, 0.4) is 0 Å². The lowest BCUT2D eigenvalue weighted by molar-refractivity contribution is -0.121. The lowest BCUT2D eigenvalue weighted by atomic mass is 9.73. The maximum atomic E-state index is 13.4. The smallest absolute Gasteiger partial charge is 0.242 e. The summed E-state index contributed by atoms with van der Waals surface area (Å²) in [5.41, 5.74) is 3.64. The minimum Gasteiger partial charge on any atom is -0.314 e. The zero-order chi connectivity index (χ0) is 18.7. The monoisotopic (exact) mass is 371 g/mol. The number of hydrogen-bond donors (Lipinski definition) is 0. The zero-order valence-electron chi connectivity index (χ0n) is 15.2. The molecule has 0 saturated carbocycles. The van der Waals surface area contributed by atoms with Gasteiger partial charge in [0.15, 0.2) is 0 Å². The number of rotatable bonds is 5. The first-order valence-corrected chi connectivity index (χ1v) is 9.96. The molecule has 0 bridgehead atoms. The fourth-order valence-electron chi connectivity index (χ4n) is 3.81. The highest BCUT2D eigenvalue weighted by Gasteiger charge is 2.49. The van der Waals surface area contributed by atoms with Gasteiger partial charge in [-0.1, -0.05) is 72.8 Å². The largest absolute Gasteiger partial charge is 0.314 e. The van der Waals surface area contributed by atoms with E-state index in [0.717, 1.165) is 16.8 Å². The Bertz CT molecular complexity index is 988. The lowest BCUT2D eigenvalue weighted by Crippen LogP contribution is -2.39. The molecule has 0 saturated heterocycles. The summed E-state index contributed by atoms with van der Waals surface area (Å²) in [4.78, 5) is 15.2. The van der Waals surface area contributed by atoms with E-state index in [1.807, 2.05) is 55.6 Å². The fourth-order valence-corrected chi connectivity index (χ4v) is 4.44. The molecular weight excluding hydrogens is 350 g/mol. The Morgan fingerprint density at radius 3 is 2.56 bits per heavy atom. The number of likely N-dealkylation sites (N-methyl/N-ethyl adjacent to an activating group) is 1. The summed E-state index contributed by atoms with van der Waals surface area (Å²) in [5.74, 6) is 0.126. The molecule has 2 nitrogen and oxygen atoms in total. The Hall–Kier alpha value is -2.91. The van der Waals surface area contributed by atoms with E-state index in [1.165, 1.54) is 5.56 Å². The highest BCUT2D eigenvalue weighted by Crippen LogP contribution is 2.47. The van der Waals surface area contributed by atoms with Gasteiger partial charge in [0.1, 0.15) is 5.41 Å². The second-order valence-corrected chi connectivity index (χ2v) is 7.48. The first-order valence-electron chi connectivity index (χ1n) is 9.02. The van der Waals surface area contributed by atoms with E-state index < -0.39 is 5.41 Å². The van der Waals surface area contributed by atoms with Crippen molar-refractivity contribution in [3.63, 3.8) is 0 Å². The van der Waals surface area contributed by atoms with E-state index >= 15 is 0 Å². The van der Waals surface area contributed by atoms with Crippen LogP contribution in [0.1, 0.15) is 23.1 Å². The van der Waals surface area contributed by atoms with Gasteiger partial charge in [-0.2, -0.15) is 11.3 Å². The number of nitrogens with zero attached hydrogens (tertiary/aromatic N) is 1. The van der Waals surface area contributed by atoms with Gasteiger partial charge >= 0.3 is 0 Å². The highest BCUT2D eigenvalue weighted by molar-refractivity contribution is 7.08. The van der Waals surface area contributed by atoms with E-state index in [0.29, 0.717) is 6.42 Å². The van der Waals surface area contributed by atoms with Crippen molar-refractivity contribution in [2.24, 2.45) is 0 Å². The number of amides is 1. The average Bonchev–Trinajstić information content (AvgIpc) is 3.30. The van der Waals surface area contributed by atoms with Crippen molar-refractivity contribution < 1.29 is 4.79 Å². The van der Waals surface area contributed by atoms with Gasteiger partial charge in [-0.25, -0.2) is 0 Å². The fraction of sp³-hybridized carbons (Fsp3) is 0.125. The lowest BCUT2D eigenvalue weighted by Gasteiger charge is -2.28. The molecule has 1 aliphatic rings. The highest BCUT2D eigenvalue weighted by atomic mass is 32.1. The summed E-state index contributed by atoms with van der Waals surface area (Å²) < 4.78 is 0. The van der Waals surface area contributed by atoms with Crippen LogP contribution >= 0.6 is 11.3 Å². The van der Waals surface area contributed by atoms with Crippen LogP contribution in [0, 0.1) is 0 Å². The SMILES string of the molecule is CN1C(=O)[C@@](C/C=C/C=C/c2ccsc2)(c2ccccc2)c2ccccc21. The van der Waals surface area contributed by atoms with Gasteiger partial charge in [0.2, 0.25) is 5.91 Å². The number of fused-ring (bicyclic) bond motifs is 1. The number of thiophene rings is 1. The third-order valence-electron chi connectivity index (χ3n) is 5.16. The number of benzene rings is 2. The first-order chi connectivity index (χ1) is 13.2. The van der Waals surface area contributed by atoms with Crippen molar-refractivity contribution in [2.45, 2.75) is 11.8 Å². The maximum Gasteiger partial charge on any atom is 0.242 e. The normalized spacial score (nSPS) is 19.3. The molecule has 4 rings (SSSR count). The number of para-hydroxylation sites is 1. The molecule has 1 atom stereocenters. The van der Waals surface area contributed by atoms with Crippen molar-refractivity contribution >= 4 is 29.0 Å². The second kappa shape index (κ2) is 7.37. The predicted molar refractivity (Wildman–Crippen MR) is 114 cm³/mol.